The van der Waals surface area contributed by atoms with E-state index in [1.807, 2.05) is 6.07 Å². The third-order valence-electron chi connectivity index (χ3n) is 2.43. The summed E-state index contributed by atoms with van der Waals surface area (Å²) in [5, 5.41) is 14.1. The molecular weight excluding hydrogens is 391 g/mol. The maximum Gasteiger partial charge on any atom is 0.275 e. The van der Waals surface area contributed by atoms with E-state index in [0.29, 0.717) is 5.02 Å². The molecule has 2 aromatic carbocycles. The van der Waals surface area contributed by atoms with Crippen LogP contribution in [0.15, 0.2) is 47.6 Å². The molecule has 0 radical (unpaired) electrons. The van der Waals surface area contributed by atoms with Crippen LogP contribution in [0.3, 0.4) is 0 Å². The Bertz CT molecular complexity index is 674. The summed E-state index contributed by atoms with van der Waals surface area (Å²) in [4.78, 5) is 11.9. The van der Waals surface area contributed by atoms with E-state index in [9.17, 15) is 9.90 Å². The Morgan fingerprint density at radius 3 is 2.85 bits per heavy atom. The number of hydrogen-bond donors (Lipinski definition) is 2. The van der Waals surface area contributed by atoms with Crippen LogP contribution in [0, 0.1) is 3.57 Å². The number of hydrazone groups is 1. The number of nitrogens with one attached hydrogen (secondary N) is 1. The van der Waals surface area contributed by atoms with Gasteiger partial charge in [-0.1, -0.05) is 23.7 Å². The lowest BCUT2D eigenvalue weighted by Gasteiger charge is -2.03. The van der Waals surface area contributed by atoms with Gasteiger partial charge in [-0.15, -0.1) is 0 Å². The molecule has 1 amide bonds. The van der Waals surface area contributed by atoms with Crippen LogP contribution >= 0.6 is 34.2 Å². The number of carbonyl (C=O) groups is 1. The second-order valence-electron chi connectivity index (χ2n) is 3.92. The molecule has 0 spiro atoms. The summed E-state index contributed by atoms with van der Waals surface area (Å²) in [6.45, 7) is 0. The fourth-order valence-corrected chi connectivity index (χ4v) is 2.19. The van der Waals surface area contributed by atoms with E-state index in [1.165, 1.54) is 12.3 Å². The van der Waals surface area contributed by atoms with Gasteiger partial charge in [0.15, 0.2) is 0 Å². The van der Waals surface area contributed by atoms with Crippen LogP contribution in [0.25, 0.3) is 0 Å². The number of aromatic hydroxyl groups is 1. The predicted octanol–water partition coefficient (Wildman–Crippen LogP) is 3.41. The van der Waals surface area contributed by atoms with Crippen LogP contribution in [-0.2, 0) is 0 Å². The van der Waals surface area contributed by atoms with Crippen LogP contribution in [-0.4, -0.2) is 17.2 Å². The van der Waals surface area contributed by atoms with Gasteiger partial charge in [-0.3, -0.25) is 4.79 Å². The lowest BCUT2D eigenvalue weighted by Crippen LogP contribution is -2.17. The molecule has 102 valence electrons. The average Bonchev–Trinajstić information content (AvgIpc) is 2.41. The fraction of sp³-hybridized carbons (Fsp3) is 0. The number of phenolic OH excluding ortho intramolecular Hbond substituents is 1. The SMILES string of the molecule is O=C(N/N=C/c1cccc(Cl)c1)c1cc(I)ccc1O. The first-order valence-electron chi connectivity index (χ1n) is 5.64. The molecular formula is C14H10ClIN2O2. The smallest absolute Gasteiger partial charge is 0.275 e. The Hall–Kier alpha value is -1.60. The van der Waals surface area contributed by atoms with Gasteiger partial charge in [0.1, 0.15) is 5.75 Å². The number of nitrogens with zero attached hydrogens (tertiary/aromatic N) is 1. The molecule has 6 heteroatoms. The van der Waals surface area contributed by atoms with Crippen LogP contribution in [0.4, 0.5) is 0 Å². The number of rotatable bonds is 3. The highest BCUT2D eigenvalue weighted by molar-refractivity contribution is 14.1. The molecule has 4 nitrogen and oxygen atoms in total. The molecule has 0 saturated heterocycles. The van der Waals surface area contributed by atoms with Crippen LogP contribution in [0.1, 0.15) is 15.9 Å². The normalized spacial score (nSPS) is 10.7. The fourth-order valence-electron chi connectivity index (χ4n) is 1.50. The Morgan fingerprint density at radius 2 is 2.10 bits per heavy atom. The maximum atomic E-state index is 11.9. The van der Waals surface area contributed by atoms with Crippen LogP contribution < -0.4 is 5.43 Å². The Morgan fingerprint density at radius 1 is 1.30 bits per heavy atom. The van der Waals surface area contributed by atoms with Crippen molar-refractivity contribution in [2.75, 3.05) is 0 Å². The zero-order valence-corrected chi connectivity index (χ0v) is 13.1. The van der Waals surface area contributed by atoms with E-state index in [0.717, 1.165) is 9.13 Å². The molecule has 0 atom stereocenters. The number of carbonyl (C=O) groups excluding carboxylic acids is 1. The van der Waals surface area contributed by atoms with Gasteiger partial charge in [-0.05, 0) is 58.5 Å². The molecule has 20 heavy (non-hydrogen) atoms. The minimum Gasteiger partial charge on any atom is -0.507 e. The van der Waals surface area contributed by atoms with E-state index in [1.54, 1.807) is 30.3 Å². The van der Waals surface area contributed by atoms with E-state index in [4.69, 9.17) is 11.6 Å². The number of halogens is 2. The molecule has 2 N–H and O–H groups in total. The van der Waals surface area contributed by atoms with Crippen molar-refractivity contribution in [3.8, 4) is 5.75 Å². The third-order valence-corrected chi connectivity index (χ3v) is 3.34. The van der Waals surface area contributed by atoms with E-state index < -0.39 is 5.91 Å². The van der Waals surface area contributed by atoms with Gasteiger partial charge in [0.2, 0.25) is 0 Å². The van der Waals surface area contributed by atoms with Gasteiger partial charge in [-0.2, -0.15) is 5.10 Å². The van der Waals surface area contributed by atoms with Crippen molar-refractivity contribution in [3.63, 3.8) is 0 Å². The molecule has 0 unspecified atom stereocenters. The third kappa shape index (κ3) is 3.94. The quantitative estimate of drug-likeness (QED) is 0.471. The van der Waals surface area contributed by atoms with Crippen molar-refractivity contribution in [2.24, 2.45) is 5.10 Å². The van der Waals surface area contributed by atoms with Gasteiger partial charge in [0.25, 0.3) is 5.91 Å². The Labute approximate surface area is 134 Å². The Kier molecular flexibility index (Phi) is 4.97. The van der Waals surface area contributed by atoms with Gasteiger partial charge >= 0.3 is 0 Å². The molecule has 0 heterocycles. The standard InChI is InChI=1S/C14H10ClIN2O2/c15-10-3-1-2-9(6-10)8-17-18-14(20)12-7-11(16)4-5-13(12)19/h1-8,19H,(H,18,20)/b17-8+. The molecule has 0 aliphatic carbocycles. The van der Waals surface area contributed by atoms with Crippen molar-refractivity contribution in [1.29, 1.82) is 0 Å². The van der Waals surface area contributed by atoms with Crippen molar-refractivity contribution in [3.05, 3.63) is 62.2 Å². The summed E-state index contributed by atoms with van der Waals surface area (Å²) in [6.07, 6.45) is 1.48. The van der Waals surface area contributed by atoms with Crippen molar-refractivity contribution < 1.29 is 9.90 Å². The summed E-state index contributed by atoms with van der Waals surface area (Å²) in [6, 6.07) is 11.8. The topological polar surface area (TPSA) is 61.7 Å². The van der Waals surface area contributed by atoms with Gasteiger partial charge in [0.05, 0.1) is 11.8 Å². The molecule has 0 saturated carbocycles. The second-order valence-corrected chi connectivity index (χ2v) is 5.60. The highest BCUT2D eigenvalue weighted by Crippen LogP contribution is 2.19. The summed E-state index contributed by atoms with van der Waals surface area (Å²) in [7, 11) is 0. The first kappa shape index (κ1) is 14.8. The van der Waals surface area contributed by atoms with Gasteiger partial charge in [0, 0.05) is 8.59 Å². The molecule has 2 aromatic rings. The van der Waals surface area contributed by atoms with E-state index >= 15 is 0 Å². The largest absolute Gasteiger partial charge is 0.507 e. The molecule has 0 aromatic heterocycles. The van der Waals surface area contributed by atoms with Gasteiger partial charge < -0.3 is 5.11 Å². The molecule has 0 aliphatic heterocycles. The molecule has 0 bridgehead atoms. The van der Waals surface area contributed by atoms with Crippen molar-refractivity contribution in [2.45, 2.75) is 0 Å². The van der Waals surface area contributed by atoms with E-state index in [2.05, 4.69) is 33.1 Å². The summed E-state index contributed by atoms with van der Waals surface area (Å²) in [5.41, 5.74) is 3.31. The monoisotopic (exact) mass is 400 g/mol. The summed E-state index contributed by atoms with van der Waals surface area (Å²) in [5.74, 6) is -0.555. The van der Waals surface area contributed by atoms with Crippen LogP contribution in [0.2, 0.25) is 5.02 Å². The maximum absolute atomic E-state index is 11.9. The zero-order chi connectivity index (χ0) is 14.5. The number of amides is 1. The van der Waals surface area contributed by atoms with Crippen LogP contribution in [0.5, 0.6) is 5.75 Å². The summed E-state index contributed by atoms with van der Waals surface area (Å²) >= 11 is 7.90. The number of phenols is 1. The van der Waals surface area contributed by atoms with E-state index in [-0.39, 0.29) is 11.3 Å². The minimum atomic E-state index is -0.473. The lowest BCUT2D eigenvalue weighted by atomic mass is 10.2. The lowest BCUT2D eigenvalue weighted by molar-refractivity contribution is 0.0952. The average molecular weight is 401 g/mol. The highest BCUT2D eigenvalue weighted by Gasteiger charge is 2.10. The van der Waals surface area contributed by atoms with Crippen molar-refractivity contribution >= 4 is 46.3 Å². The highest BCUT2D eigenvalue weighted by atomic mass is 127. The first-order valence-corrected chi connectivity index (χ1v) is 7.09. The zero-order valence-electron chi connectivity index (χ0n) is 10.2. The number of hydrogen-bond acceptors (Lipinski definition) is 3. The Balaban J connectivity index is 2.07. The van der Waals surface area contributed by atoms with Crippen molar-refractivity contribution in [1.82, 2.24) is 5.43 Å². The second kappa shape index (κ2) is 6.71. The molecule has 0 aliphatic rings. The molecule has 0 fully saturated rings. The minimum absolute atomic E-state index is 0.0825. The van der Waals surface area contributed by atoms with Gasteiger partial charge in [-0.25, -0.2) is 5.43 Å². The summed E-state index contributed by atoms with van der Waals surface area (Å²) < 4.78 is 0.851. The number of benzene rings is 2. The predicted molar refractivity (Wildman–Crippen MR) is 87.3 cm³/mol. The first-order chi connectivity index (χ1) is 9.56. The molecule has 2 rings (SSSR count).